The molecule has 7 rings (SSSR count). The Morgan fingerprint density at radius 2 is 1.80 bits per heavy atom. The van der Waals surface area contributed by atoms with Crippen molar-refractivity contribution in [3.63, 3.8) is 0 Å². The number of aromatic nitrogens is 4. The van der Waals surface area contributed by atoms with Gasteiger partial charge in [-0.1, -0.05) is 36.7 Å². The highest BCUT2D eigenvalue weighted by Crippen LogP contribution is 2.45. The maximum Gasteiger partial charge on any atom is 0.329 e. The Kier molecular flexibility index (Phi) is 10.6. The molecular formula is C37H47ClFN9O5S. The number of nitrogens with zero attached hydrogens (tertiary/aromatic N) is 7. The summed E-state index contributed by atoms with van der Waals surface area (Å²) in [7, 11) is -2.02. The molecule has 0 saturated carbocycles. The molecule has 3 aliphatic heterocycles. The summed E-state index contributed by atoms with van der Waals surface area (Å²) < 4.78 is 45.6. The second-order valence-electron chi connectivity index (χ2n) is 15.6. The first-order valence-electron chi connectivity index (χ1n) is 18.4. The van der Waals surface area contributed by atoms with Gasteiger partial charge in [-0.15, -0.1) is 0 Å². The molecule has 1 aromatic carbocycles. The van der Waals surface area contributed by atoms with Crippen molar-refractivity contribution >= 4 is 51.4 Å². The van der Waals surface area contributed by atoms with E-state index in [2.05, 4.69) is 49.7 Å². The van der Waals surface area contributed by atoms with Crippen LogP contribution < -0.4 is 15.5 Å². The number of anilines is 2. The number of β-amino-alcohol motifs (C(OH)–C–C–N with tert-alkyl or cyclic N) is 1. The number of carbonyl (C=O) groups excluding carboxylic acids is 2. The van der Waals surface area contributed by atoms with Gasteiger partial charge in [-0.25, -0.2) is 27.6 Å². The zero-order valence-electron chi connectivity index (χ0n) is 30.8. The summed E-state index contributed by atoms with van der Waals surface area (Å²) >= 11 is 5.86. The number of likely N-dealkylation sites (tertiary alicyclic amines) is 1. The molecule has 14 nitrogen and oxygen atoms in total. The number of rotatable bonds is 10. The van der Waals surface area contributed by atoms with Crippen LogP contribution in [0.25, 0.3) is 6.08 Å². The van der Waals surface area contributed by atoms with Crippen molar-refractivity contribution in [2.45, 2.75) is 75.3 Å². The van der Waals surface area contributed by atoms with E-state index in [1.807, 2.05) is 11.7 Å². The minimum Gasteiger partial charge on any atom is -0.388 e. The predicted octanol–water partition coefficient (Wildman–Crippen LogP) is 4.00. The van der Waals surface area contributed by atoms with Crippen molar-refractivity contribution in [3.05, 3.63) is 64.3 Å². The van der Waals surface area contributed by atoms with Gasteiger partial charge in [-0.3, -0.25) is 19.7 Å². The van der Waals surface area contributed by atoms with Crippen molar-refractivity contribution in [1.29, 1.82) is 0 Å². The van der Waals surface area contributed by atoms with Crippen LogP contribution in [0.5, 0.6) is 0 Å². The minimum absolute atomic E-state index is 0.00703. The molecule has 0 radical (unpaired) electrons. The highest BCUT2D eigenvalue weighted by atomic mass is 35.5. The third-order valence-corrected chi connectivity index (χ3v) is 13.5. The standard InChI is InChI=1S/C37H47ClFN9O5S/c1-36(12-6-29-31(20-36)45(3)44-33(29)48-17-11-32(49)43-35(48)50)25-7-13-46(14-8-25)23-37(2,51)19-24-4-5-28(18-30(24)39)54(52,53)47-15-9-27(10-16-47)42-34-40-21-26(38)22-41-34/h4-6,12,18,21-22,25,27,51H,7-11,13-17,19-20,23H2,1-3H3,(H,40,41,42)(H,43,49,50). The highest BCUT2D eigenvalue weighted by Gasteiger charge is 2.41. The van der Waals surface area contributed by atoms with Gasteiger partial charge < -0.3 is 15.3 Å². The lowest BCUT2D eigenvalue weighted by Gasteiger charge is -2.44. The molecule has 3 saturated heterocycles. The molecule has 0 spiro atoms. The van der Waals surface area contributed by atoms with Gasteiger partial charge in [0, 0.05) is 63.4 Å². The second kappa shape index (κ2) is 14.9. The molecule has 4 aliphatic rings. The van der Waals surface area contributed by atoms with Gasteiger partial charge in [0.1, 0.15) is 5.82 Å². The van der Waals surface area contributed by atoms with Gasteiger partial charge in [0.25, 0.3) is 0 Å². The second-order valence-corrected chi connectivity index (χ2v) is 18.0. The van der Waals surface area contributed by atoms with Crippen molar-refractivity contribution < 1.29 is 27.5 Å². The van der Waals surface area contributed by atoms with Crippen LogP contribution in [0.3, 0.4) is 0 Å². The Hall–Kier alpha value is -3.96. The number of amides is 3. The lowest BCUT2D eigenvalue weighted by Crippen LogP contribution is -2.50. The van der Waals surface area contributed by atoms with Crippen LogP contribution >= 0.6 is 11.6 Å². The topological polar surface area (TPSA) is 166 Å². The maximum atomic E-state index is 15.5. The van der Waals surface area contributed by atoms with Gasteiger partial charge in [0.05, 0.1) is 27.9 Å². The molecule has 3 amide bonds. The SMILES string of the molecule is Cn1nc(N2CCC(=O)NC2=O)c2c1CC(C)(C1CCN(CC(C)(O)Cc3ccc(S(=O)(=O)N4CCC(Nc5ncc(Cl)cn5)CC4)cc3F)CC1)C=C2. The number of carbonyl (C=O) groups is 2. The van der Waals surface area contributed by atoms with E-state index in [0.717, 1.165) is 49.7 Å². The molecule has 2 unspecified atom stereocenters. The molecule has 5 heterocycles. The Labute approximate surface area is 319 Å². The number of imide groups is 1. The Morgan fingerprint density at radius 1 is 1.09 bits per heavy atom. The van der Waals surface area contributed by atoms with E-state index >= 15 is 4.39 Å². The van der Waals surface area contributed by atoms with Crippen LogP contribution in [0.2, 0.25) is 5.02 Å². The smallest absolute Gasteiger partial charge is 0.329 e. The molecule has 54 heavy (non-hydrogen) atoms. The zero-order chi connectivity index (χ0) is 38.4. The molecule has 1 aliphatic carbocycles. The van der Waals surface area contributed by atoms with E-state index in [0.29, 0.717) is 48.6 Å². The van der Waals surface area contributed by atoms with Crippen LogP contribution in [0.15, 0.2) is 41.6 Å². The minimum atomic E-state index is -3.91. The number of halogens is 2. The monoisotopic (exact) mass is 783 g/mol. The van der Waals surface area contributed by atoms with E-state index in [-0.39, 0.29) is 53.8 Å². The van der Waals surface area contributed by atoms with Crippen LogP contribution in [0, 0.1) is 17.2 Å². The molecule has 3 N–H and O–H groups in total. The number of allylic oxidation sites excluding steroid dienone is 1. The lowest BCUT2D eigenvalue weighted by molar-refractivity contribution is -0.120. The number of aryl methyl sites for hydroxylation is 1. The van der Waals surface area contributed by atoms with Crippen LogP contribution in [0.1, 0.15) is 62.8 Å². The van der Waals surface area contributed by atoms with Gasteiger partial charge in [-0.05, 0) is 81.1 Å². The largest absolute Gasteiger partial charge is 0.388 e. The van der Waals surface area contributed by atoms with E-state index < -0.39 is 27.5 Å². The number of benzene rings is 1. The number of urea groups is 1. The number of fused-ring (bicyclic) bond motifs is 1. The van der Waals surface area contributed by atoms with Gasteiger partial charge in [-0.2, -0.15) is 9.40 Å². The Morgan fingerprint density at radius 3 is 2.46 bits per heavy atom. The summed E-state index contributed by atoms with van der Waals surface area (Å²) in [6.07, 6.45) is 11.2. The molecule has 17 heteroatoms. The van der Waals surface area contributed by atoms with Crippen LogP contribution in [0.4, 0.5) is 21.0 Å². The highest BCUT2D eigenvalue weighted by molar-refractivity contribution is 7.89. The number of nitrogens with one attached hydrogen (secondary N) is 2. The summed E-state index contributed by atoms with van der Waals surface area (Å²) in [5.41, 5.74) is 0.853. The summed E-state index contributed by atoms with van der Waals surface area (Å²) in [6.45, 7) is 6.68. The summed E-state index contributed by atoms with van der Waals surface area (Å²) in [5.74, 6) is 0.434. The molecular weight excluding hydrogens is 737 g/mol. The normalized spacial score (nSPS) is 23.3. The average Bonchev–Trinajstić information content (AvgIpc) is 3.44. The summed E-state index contributed by atoms with van der Waals surface area (Å²) in [5, 5.41) is 22.1. The average molecular weight is 784 g/mol. The number of piperidine rings is 2. The molecule has 2 atom stereocenters. The van der Waals surface area contributed by atoms with Crippen LogP contribution in [-0.4, -0.2) is 105 Å². The fourth-order valence-electron chi connectivity index (χ4n) is 8.37. The number of hydrogen-bond donors (Lipinski definition) is 3. The van der Waals surface area contributed by atoms with Crippen molar-refractivity contribution in [2.75, 3.05) is 49.5 Å². The van der Waals surface area contributed by atoms with Crippen LogP contribution in [-0.2, 0) is 34.7 Å². The fraction of sp³-hybridized carbons (Fsp3) is 0.541. The first-order chi connectivity index (χ1) is 25.6. The van der Waals surface area contributed by atoms with E-state index in [1.165, 1.54) is 33.7 Å². The Balaban J connectivity index is 0.914. The summed E-state index contributed by atoms with van der Waals surface area (Å²) in [4.78, 5) is 36.1. The van der Waals surface area contributed by atoms with Crippen molar-refractivity contribution in [3.8, 4) is 0 Å². The molecule has 290 valence electrons. The summed E-state index contributed by atoms with van der Waals surface area (Å²) in [6, 6.07) is 3.51. The first kappa shape index (κ1) is 38.3. The fourth-order valence-corrected chi connectivity index (χ4v) is 9.95. The van der Waals surface area contributed by atoms with Gasteiger partial charge >= 0.3 is 6.03 Å². The molecule has 0 bridgehead atoms. The lowest BCUT2D eigenvalue weighted by atomic mass is 9.67. The molecule has 2 aromatic heterocycles. The van der Waals surface area contributed by atoms with E-state index in [1.54, 1.807) is 6.92 Å². The molecule has 3 aromatic rings. The number of hydrogen-bond acceptors (Lipinski definition) is 10. The van der Waals surface area contributed by atoms with E-state index in [4.69, 9.17) is 11.6 Å². The van der Waals surface area contributed by atoms with Crippen molar-refractivity contribution in [1.82, 2.24) is 34.3 Å². The third kappa shape index (κ3) is 8.03. The number of aliphatic hydroxyl groups is 1. The van der Waals surface area contributed by atoms with Crippen molar-refractivity contribution in [2.24, 2.45) is 18.4 Å². The quantitative estimate of drug-likeness (QED) is 0.274. The zero-order valence-corrected chi connectivity index (χ0v) is 32.3. The molecule has 3 fully saturated rings. The number of sulfonamides is 1. The van der Waals surface area contributed by atoms with Gasteiger partial charge in [0.15, 0.2) is 5.82 Å². The Bertz CT molecular complexity index is 2040. The first-order valence-corrected chi connectivity index (χ1v) is 20.3. The maximum absolute atomic E-state index is 15.5. The predicted molar refractivity (Wildman–Crippen MR) is 202 cm³/mol. The van der Waals surface area contributed by atoms with E-state index in [9.17, 15) is 23.1 Å². The third-order valence-electron chi connectivity index (χ3n) is 11.4. The van der Waals surface area contributed by atoms with Gasteiger partial charge in [0.2, 0.25) is 21.9 Å².